The monoisotopic (exact) mass is 541 g/mol. The van der Waals surface area contributed by atoms with Crippen molar-refractivity contribution < 1.29 is 50.5 Å². The molecule has 202 valence electrons. The third kappa shape index (κ3) is 5.32. The molecule has 0 amide bonds. The number of carbonyl (C=O) groups excluding carboxylic acids is 1. The van der Waals surface area contributed by atoms with Crippen LogP contribution < -0.4 is 4.74 Å². The normalized spacial score (nSPS) is 21.5. The first-order valence-electron chi connectivity index (χ1n) is 11.0. The quantitative estimate of drug-likeness (QED) is 0.236. The summed E-state index contributed by atoms with van der Waals surface area (Å²) in [7, 11) is 0. The van der Waals surface area contributed by atoms with Gasteiger partial charge in [-0.2, -0.15) is 31.6 Å². The highest BCUT2D eigenvalue weighted by atomic mass is 19.4. The van der Waals surface area contributed by atoms with Gasteiger partial charge in [0.05, 0.1) is 12.0 Å². The fourth-order valence-electron chi connectivity index (χ4n) is 4.78. The Kier molecular flexibility index (Phi) is 7.55. The Bertz CT molecular complexity index is 1250. The highest BCUT2D eigenvalue weighted by Crippen LogP contribution is 2.75. The Morgan fingerprint density at radius 1 is 1.00 bits per heavy atom. The maximum absolute atomic E-state index is 12.7. The van der Waals surface area contributed by atoms with Crippen LogP contribution in [-0.2, 0) is 14.3 Å². The molecule has 12 heteroatoms. The molecule has 0 unspecified atom stereocenters. The van der Waals surface area contributed by atoms with Crippen LogP contribution in [0.3, 0.4) is 0 Å². The molecule has 1 fully saturated rings. The second kappa shape index (κ2) is 10.0. The summed E-state index contributed by atoms with van der Waals surface area (Å²) in [5, 5.41) is 20.2. The molecule has 0 radical (unpaired) electrons. The molecule has 0 bridgehead atoms. The Morgan fingerprint density at radius 3 is 2.11 bits per heavy atom. The zero-order chi connectivity index (χ0) is 28.5. The van der Waals surface area contributed by atoms with Gasteiger partial charge < -0.3 is 14.6 Å². The molecule has 0 aliphatic heterocycles. The van der Waals surface area contributed by atoms with Gasteiger partial charge in [0.1, 0.15) is 16.9 Å². The molecular formula is C26H21F6NO5. The maximum atomic E-state index is 12.7. The predicted octanol–water partition coefficient (Wildman–Crippen LogP) is 6.41. The van der Waals surface area contributed by atoms with Crippen LogP contribution in [0, 0.1) is 28.1 Å². The van der Waals surface area contributed by atoms with E-state index in [0.29, 0.717) is 17.6 Å². The number of aliphatic carboxylic acids is 1. The fourth-order valence-corrected chi connectivity index (χ4v) is 4.78. The molecule has 1 aliphatic carbocycles. The van der Waals surface area contributed by atoms with E-state index in [9.17, 15) is 46.3 Å². The number of alkyl halides is 6. The number of halogens is 6. The van der Waals surface area contributed by atoms with Crippen LogP contribution in [0.5, 0.6) is 11.5 Å². The van der Waals surface area contributed by atoms with Gasteiger partial charge in [0.25, 0.3) is 6.10 Å². The zero-order valence-corrected chi connectivity index (χ0v) is 19.9. The van der Waals surface area contributed by atoms with Gasteiger partial charge in [0, 0.05) is 12.0 Å². The van der Waals surface area contributed by atoms with Gasteiger partial charge in [-0.1, -0.05) is 50.3 Å². The lowest BCUT2D eigenvalue weighted by Crippen LogP contribution is -2.45. The molecule has 1 aliphatic rings. The molecular weight excluding hydrogens is 520 g/mol. The number of nitriles is 1. The molecule has 0 heterocycles. The van der Waals surface area contributed by atoms with E-state index in [1.807, 2.05) is 6.07 Å². The van der Waals surface area contributed by atoms with Crippen LogP contribution in [0.4, 0.5) is 26.3 Å². The van der Waals surface area contributed by atoms with Gasteiger partial charge >= 0.3 is 24.3 Å². The van der Waals surface area contributed by atoms with Gasteiger partial charge in [-0.3, -0.25) is 4.79 Å². The number of carboxylic acid groups (broad SMARTS) is 1. The summed E-state index contributed by atoms with van der Waals surface area (Å²) in [6.07, 6.45) is -14.9. The van der Waals surface area contributed by atoms with Gasteiger partial charge in [0.15, 0.2) is 0 Å². The van der Waals surface area contributed by atoms with Crippen LogP contribution in [0.15, 0.2) is 66.7 Å². The van der Waals surface area contributed by atoms with E-state index < -0.39 is 53.1 Å². The Balaban J connectivity index is 1.90. The molecule has 3 atom stereocenters. The summed E-state index contributed by atoms with van der Waals surface area (Å²) in [5.41, 5.74) is -2.83. The minimum absolute atomic E-state index is 0.254. The highest BCUT2D eigenvalue weighted by Gasteiger charge is 2.78. The molecule has 0 spiro atoms. The first-order valence-corrected chi connectivity index (χ1v) is 11.0. The molecule has 0 aromatic heterocycles. The summed E-state index contributed by atoms with van der Waals surface area (Å²) in [5.74, 6) is -5.05. The van der Waals surface area contributed by atoms with Crippen LogP contribution in [0.1, 0.15) is 25.3 Å². The standard InChI is InChI=1S/C26H21F6NO5/c1-23(2)19(11-12-20(34)38-21(25(27,28)29)26(30,31)32)24(23,22(35)36)18(14-33)15-7-6-10-17(13-15)37-16-8-4-3-5-9-16/h3-13,18-19,21H,1-2H3,(H,35,36)/b12-11-/t18-,19-,24+/m0/s1. The second-order valence-electron chi connectivity index (χ2n) is 9.18. The van der Waals surface area contributed by atoms with Crippen molar-refractivity contribution in [3.63, 3.8) is 0 Å². The smallest absolute Gasteiger partial charge is 0.434 e. The topological polar surface area (TPSA) is 96.6 Å². The van der Waals surface area contributed by atoms with Crippen molar-refractivity contribution in [1.82, 2.24) is 0 Å². The Hall–Kier alpha value is -4.01. The minimum atomic E-state index is -5.90. The van der Waals surface area contributed by atoms with E-state index in [1.165, 1.54) is 26.0 Å². The molecule has 6 nitrogen and oxygen atoms in total. The van der Waals surface area contributed by atoms with E-state index in [-0.39, 0.29) is 5.56 Å². The molecule has 2 aromatic rings. The van der Waals surface area contributed by atoms with E-state index >= 15 is 0 Å². The van der Waals surface area contributed by atoms with Crippen molar-refractivity contribution in [3.05, 3.63) is 72.3 Å². The van der Waals surface area contributed by atoms with Crippen molar-refractivity contribution in [2.24, 2.45) is 16.7 Å². The number of hydrogen-bond acceptors (Lipinski definition) is 5. The molecule has 0 saturated heterocycles. The highest BCUT2D eigenvalue weighted by molar-refractivity contribution is 5.86. The number of rotatable bonds is 8. The SMILES string of the molecule is CC1(C)[C@H](/C=C\C(=O)OC(C(F)(F)F)C(F)(F)F)[C@@]1(C(=O)O)[C@@H](C#N)c1cccc(Oc2ccccc2)c1. The average Bonchev–Trinajstić information content (AvgIpc) is 3.31. The lowest BCUT2D eigenvalue weighted by molar-refractivity contribution is -0.312. The maximum Gasteiger partial charge on any atom is 0.434 e. The summed E-state index contributed by atoms with van der Waals surface area (Å²) < 4.78 is 85.6. The van der Waals surface area contributed by atoms with Crippen molar-refractivity contribution in [1.29, 1.82) is 5.26 Å². The van der Waals surface area contributed by atoms with Gasteiger partial charge in [-0.05, 0) is 35.2 Å². The van der Waals surface area contributed by atoms with E-state index in [1.54, 1.807) is 42.5 Å². The van der Waals surface area contributed by atoms with Crippen molar-refractivity contribution in [2.45, 2.75) is 38.2 Å². The van der Waals surface area contributed by atoms with E-state index in [0.717, 1.165) is 6.08 Å². The number of allylic oxidation sites excluding steroid dienone is 1. The van der Waals surface area contributed by atoms with Gasteiger partial charge in [-0.25, -0.2) is 4.79 Å². The van der Waals surface area contributed by atoms with E-state index in [2.05, 4.69) is 4.74 Å². The van der Waals surface area contributed by atoms with Crippen molar-refractivity contribution in [3.8, 4) is 17.6 Å². The predicted molar refractivity (Wildman–Crippen MR) is 120 cm³/mol. The van der Waals surface area contributed by atoms with Gasteiger partial charge in [-0.15, -0.1) is 0 Å². The largest absolute Gasteiger partial charge is 0.481 e. The summed E-state index contributed by atoms with van der Waals surface area (Å²) in [6, 6.07) is 16.6. The molecule has 1 saturated carbocycles. The Morgan fingerprint density at radius 2 is 1.58 bits per heavy atom. The molecule has 2 aromatic carbocycles. The number of benzene rings is 2. The number of hydrogen-bond donors (Lipinski definition) is 1. The lowest BCUT2D eigenvalue weighted by atomic mass is 9.78. The third-order valence-electron chi connectivity index (χ3n) is 6.61. The van der Waals surface area contributed by atoms with Crippen LogP contribution >= 0.6 is 0 Å². The van der Waals surface area contributed by atoms with E-state index in [4.69, 9.17) is 4.74 Å². The first-order chi connectivity index (χ1) is 17.6. The zero-order valence-electron chi connectivity index (χ0n) is 19.9. The third-order valence-corrected chi connectivity index (χ3v) is 6.61. The first kappa shape index (κ1) is 28.6. The molecule has 3 rings (SSSR count). The number of nitrogens with zero attached hydrogens (tertiary/aromatic N) is 1. The summed E-state index contributed by atoms with van der Waals surface area (Å²) in [6.45, 7) is 2.93. The minimum Gasteiger partial charge on any atom is -0.481 e. The average molecular weight is 541 g/mol. The number of para-hydroxylation sites is 1. The van der Waals surface area contributed by atoms with Gasteiger partial charge in [0.2, 0.25) is 0 Å². The fraction of sp³-hybridized carbons (Fsp3) is 0.346. The number of esters is 1. The van der Waals surface area contributed by atoms with Crippen LogP contribution in [0.2, 0.25) is 0 Å². The second-order valence-corrected chi connectivity index (χ2v) is 9.18. The number of carboxylic acids is 1. The van der Waals surface area contributed by atoms with Crippen LogP contribution in [-0.4, -0.2) is 35.5 Å². The molecule has 38 heavy (non-hydrogen) atoms. The molecule has 1 N–H and O–H groups in total. The summed E-state index contributed by atoms with van der Waals surface area (Å²) in [4.78, 5) is 24.4. The number of carbonyl (C=O) groups is 2. The Labute approximate surface area is 213 Å². The number of ether oxygens (including phenoxy) is 2. The van der Waals surface area contributed by atoms with Crippen molar-refractivity contribution in [2.75, 3.05) is 0 Å². The summed E-state index contributed by atoms with van der Waals surface area (Å²) >= 11 is 0. The van der Waals surface area contributed by atoms with Crippen LogP contribution in [0.25, 0.3) is 0 Å². The van der Waals surface area contributed by atoms with Crippen molar-refractivity contribution >= 4 is 11.9 Å². The lowest BCUT2D eigenvalue weighted by Gasteiger charge is -2.22.